The predicted molar refractivity (Wildman–Crippen MR) is 137 cm³/mol. The van der Waals surface area contributed by atoms with E-state index in [0.29, 0.717) is 30.3 Å². The fraction of sp³-hybridized carbons (Fsp3) is 0.222. The number of rotatable bonds is 7. The Kier molecular flexibility index (Phi) is 5.69. The third-order valence-electron chi connectivity index (χ3n) is 6.13. The van der Waals surface area contributed by atoms with E-state index in [1.165, 1.54) is 11.7 Å². The van der Waals surface area contributed by atoms with Crippen LogP contribution in [0.5, 0.6) is 17.2 Å². The summed E-state index contributed by atoms with van der Waals surface area (Å²) >= 11 is 1.19. The lowest BCUT2D eigenvalue weighted by molar-refractivity contribution is 0.0516. The molecule has 0 amide bonds. The van der Waals surface area contributed by atoms with Gasteiger partial charge in [0.25, 0.3) is 0 Å². The maximum atomic E-state index is 13.5. The Labute approximate surface area is 211 Å². The van der Waals surface area contributed by atoms with Gasteiger partial charge in [0, 0.05) is 23.0 Å². The molecule has 8 nitrogen and oxygen atoms in total. The maximum Gasteiger partial charge on any atom is 0.355 e. The van der Waals surface area contributed by atoms with E-state index in [4.69, 9.17) is 18.9 Å². The van der Waals surface area contributed by atoms with E-state index in [-0.39, 0.29) is 13.4 Å². The fourth-order valence-electron chi connectivity index (χ4n) is 4.62. The van der Waals surface area contributed by atoms with Gasteiger partial charge in [-0.05, 0) is 67.4 Å². The van der Waals surface area contributed by atoms with Crippen LogP contribution in [0.25, 0.3) is 33.1 Å². The summed E-state index contributed by atoms with van der Waals surface area (Å²) < 4.78 is 33.2. The third-order valence-corrected chi connectivity index (χ3v) is 6.69. The van der Waals surface area contributed by atoms with Crippen molar-refractivity contribution in [2.75, 3.05) is 20.0 Å². The van der Waals surface area contributed by atoms with Crippen molar-refractivity contribution >= 4 is 39.6 Å². The molecule has 1 aliphatic rings. The van der Waals surface area contributed by atoms with Crippen LogP contribution in [0.1, 0.15) is 29.9 Å². The van der Waals surface area contributed by atoms with Gasteiger partial charge in [0.2, 0.25) is 6.79 Å². The van der Waals surface area contributed by atoms with Gasteiger partial charge >= 0.3 is 5.97 Å². The first-order valence-corrected chi connectivity index (χ1v) is 12.5. The number of nitrogens with zero attached hydrogens (tertiary/aromatic N) is 3. The zero-order valence-corrected chi connectivity index (χ0v) is 20.6. The second kappa shape index (κ2) is 9.16. The van der Waals surface area contributed by atoms with Gasteiger partial charge in [-0.2, -0.15) is 8.75 Å². The molecule has 0 unspecified atom stereocenters. The van der Waals surface area contributed by atoms with Gasteiger partial charge in [0.1, 0.15) is 22.5 Å². The molecule has 2 aromatic heterocycles. The van der Waals surface area contributed by atoms with E-state index >= 15 is 0 Å². The van der Waals surface area contributed by atoms with Crippen molar-refractivity contribution in [3.05, 3.63) is 65.9 Å². The lowest BCUT2D eigenvalue weighted by Gasteiger charge is -2.12. The second-order valence-corrected chi connectivity index (χ2v) is 8.83. The van der Waals surface area contributed by atoms with Gasteiger partial charge in [0.05, 0.1) is 24.9 Å². The molecule has 0 aliphatic carbocycles. The smallest absolute Gasteiger partial charge is 0.355 e. The average molecular weight is 502 g/mol. The minimum Gasteiger partial charge on any atom is -0.494 e. The van der Waals surface area contributed by atoms with Gasteiger partial charge in [-0.15, -0.1) is 0 Å². The van der Waals surface area contributed by atoms with Crippen LogP contribution < -0.4 is 14.2 Å². The minimum atomic E-state index is -0.393. The van der Waals surface area contributed by atoms with Crippen molar-refractivity contribution in [1.82, 2.24) is 13.3 Å². The largest absolute Gasteiger partial charge is 0.494 e. The number of hydrogen-bond acceptors (Lipinski definition) is 8. The van der Waals surface area contributed by atoms with E-state index in [2.05, 4.69) is 8.75 Å². The summed E-state index contributed by atoms with van der Waals surface area (Å²) in [5, 5.41) is 0.888. The van der Waals surface area contributed by atoms with Crippen LogP contribution in [-0.4, -0.2) is 39.3 Å². The Morgan fingerprint density at radius 2 is 1.83 bits per heavy atom. The second-order valence-electron chi connectivity index (χ2n) is 8.30. The van der Waals surface area contributed by atoms with Crippen molar-refractivity contribution in [3.8, 4) is 28.4 Å². The molecule has 0 radical (unpaired) electrons. The summed E-state index contributed by atoms with van der Waals surface area (Å²) in [6, 6.07) is 17.6. The molecule has 0 N–H and O–H groups in total. The highest BCUT2D eigenvalue weighted by Gasteiger charge is 2.27. The standard InChI is InChI=1S/C27H23N3O5S/c1-3-32-18-7-9-22-19(13-18)25(17-6-10-23-24(12-17)35-15-34-23)26(27(31)33-4-2)30(22)14-16-5-8-20-21(11-16)29-36-28-20/h5-13H,3-4,14-15H2,1-2H3. The number of carbonyl (C=O) groups is 1. The molecule has 0 saturated carbocycles. The summed E-state index contributed by atoms with van der Waals surface area (Å²) in [6.07, 6.45) is 0. The Bertz CT molecular complexity index is 1610. The van der Waals surface area contributed by atoms with Gasteiger partial charge in [-0.25, -0.2) is 4.79 Å². The third kappa shape index (κ3) is 3.81. The van der Waals surface area contributed by atoms with Gasteiger partial charge in [0.15, 0.2) is 11.5 Å². The van der Waals surface area contributed by atoms with Crippen LogP contribution in [0.2, 0.25) is 0 Å². The molecule has 0 bridgehead atoms. The van der Waals surface area contributed by atoms with E-state index in [1.54, 1.807) is 0 Å². The van der Waals surface area contributed by atoms with E-state index < -0.39 is 5.97 Å². The maximum absolute atomic E-state index is 13.5. The molecule has 182 valence electrons. The highest BCUT2D eigenvalue weighted by atomic mass is 32.1. The molecule has 3 heterocycles. The Balaban J connectivity index is 1.60. The normalized spacial score (nSPS) is 12.4. The van der Waals surface area contributed by atoms with E-state index in [1.807, 2.05) is 73.0 Å². The highest BCUT2D eigenvalue weighted by molar-refractivity contribution is 7.00. The van der Waals surface area contributed by atoms with Crippen LogP contribution in [0, 0.1) is 0 Å². The monoisotopic (exact) mass is 501 g/mol. The van der Waals surface area contributed by atoms with Crippen molar-refractivity contribution in [2.24, 2.45) is 0 Å². The molecular formula is C27H23N3O5S. The lowest BCUT2D eigenvalue weighted by Crippen LogP contribution is -2.14. The molecule has 0 saturated heterocycles. The SMILES string of the molecule is CCOC(=O)c1c(-c2ccc3c(c2)OCO3)c2cc(OCC)ccc2n1Cc1ccc2nsnc2c1. The highest BCUT2D eigenvalue weighted by Crippen LogP contribution is 2.42. The zero-order chi connectivity index (χ0) is 24.6. The minimum absolute atomic E-state index is 0.174. The molecule has 0 atom stereocenters. The van der Waals surface area contributed by atoms with Crippen molar-refractivity contribution < 1.29 is 23.7 Å². The van der Waals surface area contributed by atoms with Gasteiger partial charge in [-0.3, -0.25) is 0 Å². The van der Waals surface area contributed by atoms with Crippen molar-refractivity contribution in [3.63, 3.8) is 0 Å². The summed E-state index contributed by atoms with van der Waals surface area (Å²) in [5.74, 6) is 1.66. The van der Waals surface area contributed by atoms with Crippen LogP contribution in [0.15, 0.2) is 54.6 Å². The predicted octanol–water partition coefficient (Wildman–Crippen LogP) is 5.67. The first-order chi connectivity index (χ1) is 17.7. The molecule has 3 aromatic carbocycles. The Morgan fingerprint density at radius 3 is 2.69 bits per heavy atom. The number of ether oxygens (including phenoxy) is 4. The number of hydrogen-bond donors (Lipinski definition) is 0. The number of benzene rings is 3. The topological polar surface area (TPSA) is 84.7 Å². The summed E-state index contributed by atoms with van der Waals surface area (Å²) in [4.78, 5) is 13.5. The fourth-order valence-corrected chi connectivity index (χ4v) is 5.14. The molecular weight excluding hydrogens is 478 g/mol. The molecule has 9 heteroatoms. The van der Waals surface area contributed by atoms with Crippen molar-refractivity contribution in [1.29, 1.82) is 0 Å². The Morgan fingerprint density at radius 1 is 0.972 bits per heavy atom. The first kappa shape index (κ1) is 22.4. The Hall–Kier alpha value is -4.11. The molecule has 36 heavy (non-hydrogen) atoms. The molecule has 1 aliphatic heterocycles. The van der Waals surface area contributed by atoms with Crippen LogP contribution in [0.4, 0.5) is 0 Å². The van der Waals surface area contributed by atoms with E-state index in [9.17, 15) is 4.79 Å². The number of esters is 1. The van der Waals surface area contributed by atoms with Crippen LogP contribution in [0.3, 0.4) is 0 Å². The van der Waals surface area contributed by atoms with E-state index in [0.717, 1.165) is 44.4 Å². The lowest BCUT2D eigenvalue weighted by atomic mass is 10.0. The summed E-state index contributed by atoms with van der Waals surface area (Å²) in [7, 11) is 0. The number of carbonyl (C=O) groups excluding carboxylic acids is 1. The molecule has 0 fully saturated rings. The van der Waals surface area contributed by atoms with Gasteiger partial charge in [-0.1, -0.05) is 12.1 Å². The summed E-state index contributed by atoms with van der Waals surface area (Å²) in [6.45, 7) is 5.19. The van der Waals surface area contributed by atoms with Crippen LogP contribution in [-0.2, 0) is 11.3 Å². The van der Waals surface area contributed by atoms with Crippen LogP contribution >= 0.6 is 11.7 Å². The van der Waals surface area contributed by atoms with Crippen molar-refractivity contribution in [2.45, 2.75) is 20.4 Å². The summed E-state index contributed by atoms with van der Waals surface area (Å²) in [5.41, 5.74) is 5.65. The quantitative estimate of drug-likeness (QED) is 0.266. The zero-order valence-electron chi connectivity index (χ0n) is 19.8. The number of aromatic nitrogens is 3. The molecule has 6 rings (SSSR count). The average Bonchev–Trinajstić information content (AvgIpc) is 3.61. The van der Waals surface area contributed by atoms with Gasteiger partial charge < -0.3 is 23.5 Å². The molecule has 0 spiro atoms. The first-order valence-electron chi connectivity index (χ1n) is 11.7. The number of fused-ring (bicyclic) bond motifs is 3. The molecule has 5 aromatic rings.